The fourth-order valence-electron chi connectivity index (χ4n) is 5.83. The van der Waals surface area contributed by atoms with Crippen molar-refractivity contribution < 1.29 is 9.90 Å². The first kappa shape index (κ1) is 20.2. The molecule has 1 aromatic carbocycles. The van der Waals surface area contributed by atoms with E-state index < -0.39 is 5.97 Å². The van der Waals surface area contributed by atoms with Crippen molar-refractivity contribution in [2.45, 2.75) is 13.8 Å². The lowest BCUT2D eigenvalue weighted by Crippen LogP contribution is -2.26. The van der Waals surface area contributed by atoms with Crippen LogP contribution in [-0.2, 0) is 4.79 Å². The van der Waals surface area contributed by atoms with Crippen LogP contribution in [0.3, 0.4) is 0 Å². The molecule has 174 valence electrons. The number of carbonyl (C=O) groups is 1. The van der Waals surface area contributed by atoms with E-state index in [2.05, 4.69) is 47.3 Å². The van der Waals surface area contributed by atoms with E-state index in [1.165, 1.54) is 0 Å². The maximum atomic E-state index is 11.3. The van der Waals surface area contributed by atoms with Crippen LogP contribution in [-0.4, -0.2) is 48.5 Å². The maximum Gasteiger partial charge on any atom is 0.307 e. The van der Waals surface area contributed by atoms with Gasteiger partial charge in [0.25, 0.3) is 0 Å². The predicted molar refractivity (Wildman–Crippen MR) is 133 cm³/mol. The van der Waals surface area contributed by atoms with Crippen LogP contribution in [0.4, 0.5) is 5.82 Å². The first-order chi connectivity index (χ1) is 17.0. The number of carboxylic acid groups (broad SMARTS) is 1. The summed E-state index contributed by atoms with van der Waals surface area (Å²) in [6, 6.07) is 16.5. The van der Waals surface area contributed by atoms with Gasteiger partial charge >= 0.3 is 5.97 Å². The van der Waals surface area contributed by atoms with Gasteiger partial charge in [-0.2, -0.15) is 10.2 Å². The number of piperidine rings is 1. The number of benzene rings is 1. The Morgan fingerprint density at radius 1 is 1.03 bits per heavy atom. The van der Waals surface area contributed by atoms with Crippen LogP contribution in [0, 0.1) is 31.6 Å². The molecule has 1 aliphatic carbocycles. The summed E-state index contributed by atoms with van der Waals surface area (Å²) in [7, 11) is 0. The second-order valence-electron chi connectivity index (χ2n) is 9.74. The molecular weight excluding hydrogens is 440 g/mol. The van der Waals surface area contributed by atoms with E-state index in [0.717, 1.165) is 63.5 Å². The lowest BCUT2D eigenvalue weighted by molar-refractivity contribution is -0.139. The van der Waals surface area contributed by atoms with Gasteiger partial charge in [-0.3, -0.25) is 4.79 Å². The molecule has 0 amide bonds. The fraction of sp³-hybridized carbons (Fsp3) is 0.259. The SMILES string of the molecule is Cc1cc2c(-c3nn(-c4ccc(N5CC6C(C5)C6C(=O)O)nc4)c4c(C)cccc34)cccn2n1. The number of aryl methyl sites for hydroxylation is 2. The molecule has 1 saturated carbocycles. The number of para-hydroxylation sites is 1. The van der Waals surface area contributed by atoms with Crippen LogP contribution in [0.2, 0.25) is 0 Å². The number of carboxylic acids is 1. The van der Waals surface area contributed by atoms with E-state index in [1.807, 2.05) is 46.7 Å². The number of fused-ring (bicyclic) bond motifs is 3. The minimum atomic E-state index is -0.665. The van der Waals surface area contributed by atoms with Crippen LogP contribution in [0.5, 0.6) is 0 Å². The lowest BCUT2D eigenvalue weighted by atomic mass is 10.1. The Morgan fingerprint density at radius 2 is 1.86 bits per heavy atom. The molecule has 1 aliphatic heterocycles. The third-order valence-electron chi connectivity index (χ3n) is 7.56. The summed E-state index contributed by atoms with van der Waals surface area (Å²) in [5, 5.41) is 20.0. The summed E-state index contributed by atoms with van der Waals surface area (Å²) < 4.78 is 3.88. The lowest BCUT2D eigenvalue weighted by Gasteiger charge is -2.20. The molecule has 4 aromatic heterocycles. The van der Waals surface area contributed by atoms with Crippen molar-refractivity contribution in [3.05, 3.63) is 72.2 Å². The molecule has 5 aromatic rings. The van der Waals surface area contributed by atoms with Crippen molar-refractivity contribution in [3.63, 3.8) is 0 Å². The largest absolute Gasteiger partial charge is 0.481 e. The van der Waals surface area contributed by atoms with Crippen molar-refractivity contribution in [1.29, 1.82) is 0 Å². The minimum Gasteiger partial charge on any atom is -0.481 e. The van der Waals surface area contributed by atoms with Gasteiger partial charge < -0.3 is 10.0 Å². The highest BCUT2D eigenvalue weighted by Gasteiger charge is 2.60. The quantitative estimate of drug-likeness (QED) is 0.431. The first-order valence-corrected chi connectivity index (χ1v) is 11.9. The number of pyridine rings is 2. The average Bonchev–Trinajstić information content (AvgIpc) is 3.18. The normalized spacial score (nSPS) is 21.1. The van der Waals surface area contributed by atoms with Gasteiger partial charge in [0, 0.05) is 30.2 Å². The van der Waals surface area contributed by atoms with Gasteiger partial charge in [0.15, 0.2) is 0 Å². The smallest absolute Gasteiger partial charge is 0.307 e. The van der Waals surface area contributed by atoms with E-state index in [-0.39, 0.29) is 17.8 Å². The second kappa shape index (κ2) is 7.15. The second-order valence-corrected chi connectivity index (χ2v) is 9.74. The van der Waals surface area contributed by atoms with Gasteiger partial charge in [-0.05, 0) is 61.6 Å². The van der Waals surface area contributed by atoms with E-state index in [9.17, 15) is 9.90 Å². The number of anilines is 1. The van der Waals surface area contributed by atoms with Crippen molar-refractivity contribution in [3.8, 4) is 16.9 Å². The predicted octanol–water partition coefficient (Wildman–Crippen LogP) is 4.12. The third kappa shape index (κ3) is 2.99. The highest BCUT2D eigenvalue weighted by atomic mass is 16.4. The van der Waals surface area contributed by atoms with Gasteiger partial charge in [-0.1, -0.05) is 18.2 Å². The van der Waals surface area contributed by atoms with Crippen LogP contribution in [0.15, 0.2) is 60.9 Å². The van der Waals surface area contributed by atoms with Crippen molar-refractivity contribution in [1.82, 2.24) is 24.4 Å². The summed E-state index contributed by atoms with van der Waals surface area (Å²) >= 11 is 0. The van der Waals surface area contributed by atoms with E-state index in [4.69, 9.17) is 10.1 Å². The molecule has 0 bridgehead atoms. The van der Waals surface area contributed by atoms with E-state index >= 15 is 0 Å². The summed E-state index contributed by atoms with van der Waals surface area (Å²) in [5.74, 6) is 0.555. The molecule has 2 atom stereocenters. The molecule has 2 fully saturated rings. The van der Waals surface area contributed by atoms with E-state index in [1.54, 1.807) is 0 Å². The van der Waals surface area contributed by atoms with Crippen LogP contribution in [0.25, 0.3) is 33.4 Å². The van der Waals surface area contributed by atoms with Gasteiger partial charge in [-0.15, -0.1) is 0 Å². The molecule has 5 heterocycles. The average molecular weight is 465 g/mol. The number of nitrogens with zero attached hydrogens (tertiary/aromatic N) is 6. The third-order valence-corrected chi connectivity index (χ3v) is 7.56. The van der Waals surface area contributed by atoms with Gasteiger partial charge in [0.1, 0.15) is 11.5 Å². The van der Waals surface area contributed by atoms with Crippen molar-refractivity contribution >= 4 is 28.2 Å². The monoisotopic (exact) mass is 464 g/mol. The summed E-state index contributed by atoms with van der Waals surface area (Å²) in [5.41, 5.74) is 7.03. The molecule has 2 unspecified atom stereocenters. The van der Waals surface area contributed by atoms with Crippen LogP contribution < -0.4 is 4.90 Å². The standard InChI is InChI=1S/C27H24N6O2/c1-15-5-3-6-19-25(18-7-4-10-32-22(18)11-16(2)29-32)30-33(26(15)19)17-8-9-23(28-12-17)31-13-20-21(14-31)24(20)27(34)35/h3-12,20-21,24H,13-14H2,1-2H3,(H,34,35). The molecule has 1 saturated heterocycles. The molecular formula is C27H24N6O2. The Hall–Kier alpha value is -4.20. The van der Waals surface area contributed by atoms with Crippen LogP contribution >= 0.6 is 0 Å². The molecule has 8 nitrogen and oxygen atoms in total. The number of rotatable bonds is 4. The Labute approximate surface area is 201 Å². The zero-order valence-electron chi connectivity index (χ0n) is 19.5. The summed E-state index contributed by atoms with van der Waals surface area (Å²) in [4.78, 5) is 18.2. The number of aromatic nitrogens is 5. The Morgan fingerprint density at radius 3 is 2.60 bits per heavy atom. The minimum absolute atomic E-state index is 0.175. The highest BCUT2D eigenvalue weighted by Crippen LogP contribution is 2.52. The molecule has 1 N–H and O–H groups in total. The molecule has 7 rings (SSSR count). The van der Waals surface area contributed by atoms with Gasteiger partial charge in [-0.25, -0.2) is 14.2 Å². The number of hydrogen-bond donors (Lipinski definition) is 1. The van der Waals surface area contributed by atoms with Crippen LogP contribution in [0.1, 0.15) is 11.3 Å². The summed E-state index contributed by atoms with van der Waals surface area (Å²) in [6.45, 7) is 5.62. The Kier molecular flexibility index (Phi) is 4.13. The van der Waals surface area contributed by atoms with Crippen molar-refractivity contribution in [2.24, 2.45) is 17.8 Å². The molecule has 35 heavy (non-hydrogen) atoms. The zero-order valence-corrected chi connectivity index (χ0v) is 19.5. The van der Waals surface area contributed by atoms with Gasteiger partial charge in [0.2, 0.25) is 0 Å². The molecule has 0 spiro atoms. The van der Waals surface area contributed by atoms with Gasteiger partial charge in [0.05, 0.1) is 34.5 Å². The molecule has 2 aliphatic rings. The fourth-order valence-corrected chi connectivity index (χ4v) is 5.83. The highest BCUT2D eigenvalue weighted by molar-refractivity contribution is 5.99. The topological polar surface area (TPSA) is 88.5 Å². The molecule has 8 heteroatoms. The Bertz CT molecular complexity index is 1620. The molecule has 0 radical (unpaired) electrons. The summed E-state index contributed by atoms with van der Waals surface area (Å²) in [6.07, 6.45) is 3.82. The maximum absolute atomic E-state index is 11.3. The number of hydrogen-bond acceptors (Lipinski definition) is 5. The number of aliphatic carboxylic acids is 1. The van der Waals surface area contributed by atoms with Crippen molar-refractivity contribution in [2.75, 3.05) is 18.0 Å². The Balaban J connectivity index is 1.29. The van der Waals surface area contributed by atoms with E-state index in [0.29, 0.717) is 0 Å². The first-order valence-electron chi connectivity index (χ1n) is 11.9. The zero-order chi connectivity index (χ0) is 23.8.